The average Bonchev–Trinajstić information content (AvgIpc) is 2.61. The summed E-state index contributed by atoms with van der Waals surface area (Å²) >= 11 is 0. The second-order valence-electron chi connectivity index (χ2n) is 5.91. The van der Waals surface area contributed by atoms with Crippen LogP contribution in [0.5, 0.6) is 0 Å². The normalized spacial score (nSPS) is 11.7. The number of amides is 2. The number of aliphatic hydroxyl groups excluding tert-OH is 1. The van der Waals surface area contributed by atoms with Crippen LogP contribution in [-0.2, 0) is 0 Å². The van der Waals surface area contributed by atoms with Crippen LogP contribution in [0.25, 0.3) is 0 Å². The Kier molecular flexibility index (Phi) is 5.88. The van der Waals surface area contributed by atoms with Gasteiger partial charge in [0.15, 0.2) is 0 Å². The van der Waals surface area contributed by atoms with Gasteiger partial charge in [0.25, 0.3) is 11.8 Å². The summed E-state index contributed by atoms with van der Waals surface area (Å²) in [6, 6.07) is 10.3. The van der Waals surface area contributed by atoms with E-state index < -0.39 is 11.7 Å². The molecule has 2 amide bonds. The molecule has 0 fully saturated rings. The molecule has 0 aliphatic carbocycles. The molecular formula is C19H21FN2O3. The van der Waals surface area contributed by atoms with E-state index in [1.165, 1.54) is 23.1 Å². The van der Waals surface area contributed by atoms with E-state index in [9.17, 15) is 19.1 Å². The molecule has 1 unspecified atom stereocenters. The van der Waals surface area contributed by atoms with E-state index in [1.54, 1.807) is 45.2 Å². The Morgan fingerprint density at radius 3 is 2.56 bits per heavy atom. The molecule has 2 aromatic rings. The van der Waals surface area contributed by atoms with Crippen LogP contribution in [0.2, 0.25) is 0 Å². The second kappa shape index (κ2) is 7.90. The number of carbonyl (C=O) groups is 2. The van der Waals surface area contributed by atoms with Gasteiger partial charge in [0.1, 0.15) is 5.82 Å². The molecule has 0 aliphatic heterocycles. The van der Waals surface area contributed by atoms with Crippen LogP contribution >= 0.6 is 0 Å². The van der Waals surface area contributed by atoms with Crippen LogP contribution in [0.4, 0.5) is 10.1 Å². The smallest absolute Gasteiger partial charge is 0.258 e. The maximum absolute atomic E-state index is 13.7. The maximum Gasteiger partial charge on any atom is 0.258 e. The highest BCUT2D eigenvalue weighted by Crippen LogP contribution is 2.20. The summed E-state index contributed by atoms with van der Waals surface area (Å²) in [6.07, 6.45) is 0. The fourth-order valence-corrected chi connectivity index (χ4v) is 2.25. The Balaban J connectivity index is 2.26. The second-order valence-corrected chi connectivity index (χ2v) is 5.91. The van der Waals surface area contributed by atoms with Gasteiger partial charge in [0.2, 0.25) is 0 Å². The lowest BCUT2D eigenvalue weighted by Gasteiger charge is -2.23. The molecule has 0 saturated heterocycles. The number of benzene rings is 2. The standard InChI is InChI=1S/C19H21FN2O3/c1-12-8-9-14(19(25)22(3)13(2)11-23)10-17(12)21-18(24)15-6-4-5-7-16(15)20/h4-10,13,23H,11H2,1-3H3,(H,21,24). The summed E-state index contributed by atoms with van der Waals surface area (Å²) in [4.78, 5) is 26.2. The van der Waals surface area contributed by atoms with Gasteiger partial charge in [-0.25, -0.2) is 4.39 Å². The summed E-state index contributed by atoms with van der Waals surface area (Å²) in [5.41, 5.74) is 1.49. The Labute approximate surface area is 146 Å². The first-order valence-electron chi connectivity index (χ1n) is 7.89. The SMILES string of the molecule is Cc1ccc(C(=O)N(C)C(C)CO)cc1NC(=O)c1ccccc1F. The largest absolute Gasteiger partial charge is 0.394 e. The minimum atomic E-state index is -0.610. The van der Waals surface area contributed by atoms with Crippen molar-refractivity contribution >= 4 is 17.5 Å². The molecule has 132 valence electrons. The van der Waals surface area contributed by atoms with Gasteiger partial charge in [0, 0.05) is 18.3 Å². The number of hydrogen-bond donors (Lipinski definition) is 2. The minimum Gasteiger partial charge on any atom is -0.394 e. The molecule has 5 nitrogen and oxygen atoms in total. The Bertz CT molecular complexity index is 792. The monoisotopic (exact) mass is 344 g/mol. The molecular weight excluding hydrogens is 323 g/mol. The summed E-state index contributed by atoms with van der Waals surface area (Å²) in [5, 5.41) is 11.8. The van der Waals surface area contributed by atoms with Crippen LogP contribution in [0.3, 0.4) is 0 Å². The summed E-state index contributed by atoms with van der Waals surface area (Å²) in [5.74, 6) is -1.47. The Morgan fingerprint density at radius 2 is 1.92 bits per heavy atom. The van der Waals surface area contributed by atoms with E-state index in [0.717, 1.165) is 5.56 Å². The molecule has 2 rings (SSSR count). The predicted octanol–water partition coefficient (Wildman–Crippen LogP) is 2.84. The first-order valence-corrected chi connectivity index (χ1v) is 7.89. The van der Waals surface area contributed by atoms with Crippen molar-refractivity contribution in [3.8, 4) is 0 Å². The molecule has 1 atom stereocenters. The Morgan fingerprint density at radius 1 is 1.24 bits per heavy atom. The van der Waals surface area contributed by atoms with Crippen molar-refractivity contribution in [2.24, 2.45) is 0 Å². The summed E-state index contributed by atoms with van der Waals surface area (Å²) < 4.78 is 13.7. The molecule has 0 aliphatic rings. The maximum atomic E-state index is 13.7. The third-order valence-electron chi connectivity index (χ3n) is 4.10. The molecule has 0 aromatic heterocycles. The van der Waals surface area contributed by atoms with Crippen molar-refractivity contribution < 1.29 is 19.1 Å². The molecule has 0 heterocycles. The fourth-order valence-electron chi connectivity index (χ4n) is 2.25. The van der Waals surface area contributed by atoms with Gasteiger partial charge in [-0.1, -0.05) is 18.2 Å². The highest BCUT2D eigenvalue weighted by atomic mass is 19.1. The molecule has 6 heteroatoms. The van der Waals surface area contributed by atoms with Gasteiger partial charge in [-0.05, 0) is 43.7 Å². The fraction of sp³-hybridized carbons (Fsp3) is 0.263. The number of carbonyl (C=O) groups excluding carboxylic acids is 2. The van der Waals surface area contributed by atoms with E-state index in [4.69, 9.17) is 0 Å². The summed E-state index contributed by atoms with van der Waals surface area (Å²) in [7, 11) is 1.60. The van der Waals surface area contributed by atoms with Crippen LogP contribution in [0.15, 0.2) is 42.5 Å². The van der Waals surface area contributed by atoms with Gasteiger partial charge >= 0.3 is 0 Å². The van der Waals surface area contributed by atoms with E-state index >= 15 is 0 Å². The number of halogens is 1. The molecule has 2 N–H and O–H groups in total. The van der Waals surface area contributed by atoms with E-state index in [2.05, 4.69) is 5.32 Å². The number of aryl methyl sites for hydroxylation is 1. The van der Waals surface area contributed by atoms with Crippen molar-refractivity contribution in [3.05, 3.63) is 65.0 Å². The van der Waals surface area contributed by atoms with Gasteiger partial charge in [-0.2, -0.15) is 0 Å². The first kappa shape index (κ1) is 18.6. The quantitative estimate of drug-likeness (QED) is 0.876. The first-order chi connectivity index (χ1) is 11.8. The van der Waals surface area contributed by atoms with E-state index in [1.807, 2.05) is 0 Å². The highest BCUT2D eigenvalue weighted by molar-refractivity contribution is 6.05. The number of likely N-dealkylation sites (N-methyl/N-ethyl adjacent to an activating group) is 1. The van der Waals surface area contributed by atoms with E-state index in [-0.39, 0.29) is 24.1 Å². The minimum absolute atomic E-state index is 0.0651. The lowest BCUT2D eigenvalue weighted by Crippen LogP contribution is -2.37. The van der Waals surface area contributed by atoms with Gasteiger partial charge in [0.05, 0.1) is 18.2 Å². The highest BCUT2D eigenvalue weighted by Gasteiger charge is 2.18. The van der Waals surface area contributed by atoms with Gasteiger partial charge in [-0.15, -0.1) is 0 Å². The zero-order valence-electron chi connectivity index (χ0n) is 14.4. The predicted molar refractivity (Wildman–Crippen MR) is 94.2 cm³/mol. The van der Waals surface area contributed by atoms with Gasteiger partial charge in [-0.3, -0.25) is 9.59 Å². The van der Waals surface area contributed by atoms with Crippen LogP contribution in [-0.4, -0.2) is 41.5 Å². The summed E-state index contributed by atoms with van der Waals surface area (Å²) in [6.45, 7) is 3.36. The molecule has 2 aromatic carbocycles. The topological polar surface area (TPSA) is 69.6 Å². The zero-order chi connectivity index (χ0) is 18.6. The zero-order valence-corrected chi connectivity index (χ0v) is 14.4. The third kappa shape index (κ3) is 4.22. The third-order valence-corrected chi connectivity index (χ3v) is 4.10. The molecule has 0 radical (unpaired) electrons. The van der Waals surface area contributed by atoms with E-state index in [0.29, 0.717) is 11.3 Å². The van der Waals surface area contributed by atoms with Crippen molar-refractivity contribution in [3.63, 3.8) is 0 Å². The number of hydrogen-bond acceptors (Lipinski definition) is 3. The Hall–Kier alpha value is -2.73. The van der Waals surface area contributed by atoms with Gasteiger partial charge < -0.3 is 15.3 Å². The lowest BCUT2D eigenvalue weighted by atomic mass is 10.1. The van der Waals surface area contributed by atoms with Crippen molar-refractivity contribution in [1.29, 1.82) is 0 Å². The van der Waals surface area contributed by atoms with Crippen molar-refractivity contribution in [2.45, 2.75) is 19.9 Å². The number of nitrogens with one attached hydrogen (secondary N) is 1. The molecule has 0 bridgehead atoms. The van der Waals surface area contributed by atoms with Crippen LogP contribution in [0, 0.1) is 12.7 Å². The van der Waals surface area contributed by atoms with Crippen LogP contribution in [0.1, 0.15) is 33.2 Å². The lowest BCUT2D eigenvalue weighted by molar-refractivity contribution is 0.0682. The van der Waals surface area contributed by atoms with Crippen molar-refractivity contribution in [1.82, 2.24) is 4.90 Å². The average molecular weight is 344 g/mol. The number of nitrogens with zero attached hydrogens (tertiary/aromatic N) is 1. The van der Waals surface area contributed by atoms with Crippen molar-refractivity contribution in [2.75, 3.05) is 19.0 Å². The molecule has 0 spiro atoms. The molecule has 0 saturated carbocycles. The number of rotatable bonds is 5. The number of aliphatic hydroxyl groups is 1. The number of anilines is 1. The molecule has 25 heavy (non-hydrogen) atoms. The van der Waals surface area contributed by atoms with Crippen LogP contribution < -0.4 is 5.32 Å².